The summed E-state index contributed by atoms with van der Waals surface area (Å²) in [7, 11) is 0. The van der Waals surface area contributed by atoms with Crippen LogP contribution in [0.5, 0.6) is 0 Å². The standard InChI is InChI=1S/C20H29ClN6O3.HI/c1-3-22-19(24-13-20(2,28)14-27-8-10-29-11-9-27)23-12-17-25-18(26-30-17)15-4-6-16(21)7-5-15;/h4-7,28H,3,8-14H2,1-2H3,(H2,22,23,24);1H. The Labute approximate surface area is 204 Å². The van der Waals surface area contributed by atoms with Gasteiger partial charge in [-0.3, -0.25) is 4.90 Å². The third-order valence-corrected chi connectivity index (χ3v) is 4.84. The number of rotatable bonds is 8. The van der Waals surface area contributed by atoms with Crippen LogP contribution in [-0.2, 0) is 11.3 Å². The zero-order valence-corrected chi connectivity index (χ0v) is 20.9. The first-order valence-corrected chi connectivity index (χ1v) is 10.5. The molecule has 1 fully saturated rings. The van der Waals surface area contributed by atoms with Crippen LogP contribution >= 0.6 is 35.6 Å². The molecular weight excluding hydrogens is 535 g/mol. The highest BCUT2D eigenvalue weighted by molar-refractivity contribution is 14.0. The average molecular weight is 565 g/mol. The summed E-state index contributed by atoms with van der Waals surface area (Å²) >= 11 is 5.91. The Balaban J connectivity index is 0.00000341. The van der Waals surface area contributed by atoms with E-state index in [4.69, 9.17) is 20.9 Å². The molecule has 11 heteroatoms. The number of nitrogens with one attached hydrogen (secondary N) is 2. The second kappa shape index (κ2) is 12.5. The van der Waals surface area contributed by atoms with Gasteiger partial charge in [-0.1, -0.05) is 16.8 Å². The van der Waals surface area contributed by atoms with Gasteiger partial charge in [-0.05, 0) is 38.1 Å². The normalized spacial score (nSPS) is 17.0. The smallest absolute Gasteiger partial charge is 0.248 e. The van der Waals surface area contributed by atoms with Crippen LogP contribution in [0.4, 0.5) is 0 Å². The predicted octanol–water partition coefficient (Wildman–Crippen LogP) is 2.15. The molecule has 1 aromatic carbocycles. The maximum Gasteiger partial charge on any atom is 0.248 e. The number of morpholine rings is 1. The number of aromatic nitrogens is 2. The molecule has 0 amide bonds. The minimum Gasteiger partial charge on any atom is -0.387 e. The lowest BCUT2D eigenvalue weighted by Crippen LogP contribution is -2.52. The Kier molecular flexibility index (Phi) is 10.4. The van der Waals surface area contributed by atoms with E-state index >= 15 is 0 Å². The van der Waals surface area contributed by atoms with Gasteiger partial charge in [-0.25, -0.2) is 4.99 Å². The summed E-state index contributed by atoms with van der Waals surface area (Å²) in [6.45, 7) is 8.70. The van der Waals surface area contributed by atoms with E-state index in [9.17, 15) is 5.11 Å². The third kappa shape index (κ3) is 8.53. The van der Waals surface area contributed by atoms with E-state index in [1.807, 2.05) is 26.0 Å². The van der Waals surface area contributed by atoms with E-state index in [0.717, 1.165) is 18.7 Å². The molecular formula is C20H30ClIN6O3. The lowest BCUT2D eigenvalue weighted by molar-refractivity contribution is -0.0201. The van der Waals surface area contributed by atoms with Gasteiger partial charge in [0.25, 0.3) is 0 Å². The van der Waals surface area contributed by atoms with Crippen LogP contribution < -0.4 is 10.6 Å². The van der Waals surface area contributed by atoms with E-state index in [1.54, 1.807) is 12.1 Å². The van der Waals surface area contributed by atoms with Crippen molar-refractivity contribution < 1.29 is 14.4 Å². The molecule has 3 rings (SSSR count). The Bertz CT molecular complexity index is 825. The zero-order chi connectivity index (χ0) is 21.4. The van der Waals surface area contributed by atoms with E-state index in [0.29, 0.717) is 55.5 Å². The number of benzene rings is 1. The van der Waals surface area contributed by atoms with Crippen molar-refractivity contribution in [1.82, 2.24) is 25.7 Å². The number of guanidine groups is 1. The molecule has 1 aromatic heterocycles. The molecule has 1 saturated heterocycles. The Morgan fingerprint density at radius 1 is 1.26 bits per heavy atom. The first-order valence-electron chi connectivity index (χ1n) is 10.1. The molecule has 2 heterocycles. The van der Waals surface area contributed by atoms with Crippen molar-refractivity contribution >= 4 is 41.5 Å². The van der Waals surface area contributed by atoms with Crippen LogP contribution in [0.25, 0.3) is 11.4 Å². The molecule has 0 saturated carbocycles. The fourth-order valence-corrected chi connectivity index (χ4v) is 3.22. The first-order chi connectivity index (χ1) is 14.4. The Morgan fingerprint density at radius 2 is 1.97 bits per heavy atom. The maximum absolute atomic E-state index is 10.7. The van der Waals surface area contributed by atoms with Crippen molar-refractivity contribution in [3.63, 3.8) is 0 Å². The number of hydrogen-bond donors (Lipinski definition) is 3. The second-order valence-corrected chi connectivity index (χ2v) is 7.89. The first kappa shape index (κ1) is 25.8. The lowest BCUT2D eigenvalue weighted by atomic mass is 10.1. The van der Waals surface area contributed by atoms with Gasteiger partial charge in [0.2, 0.25) is 11.7 Å². The number of hydrogen-bond acceptors (Lipinski definition) is 7. The van der Waals surface area contributed by atoms with Gasteiger partial charge in [-0.2, -0.15) is 4.98 Å². The number of halogens is 2. The number of β-amino-alcohol motifs (C(OH)–C–C–N with tert-alkyl or cyclic N) is 1. The molecule has 1 atom stereocenters. The summed E-state index contributed by atoms with van der Waals surface area (Å²) in [6.07, 6.45) is 0. The second-order valence-electron chi connectivity index (χ2n) is 7.45. The van der Waals surface area contributed by atoms with Crippen molar-refractivity contribution in [3.05, 3.63) is 35.2 Å². The van der Waals surface area contributed by atoms with Gasteiger partial charge in [0.1, 0.15) is 6.54 Å². The molecule has 172 valence electrons. The zero-order valence-electron chi connectivity index (χ0n) is 17.8. The topological polar surface area (TPSA) is 108 Å². The largest absolute Gasteiger partial charge is 0.387 e. The van der Waals surface area contributed by atoms with Gasteiger partial charge in [-0.15, -0.1) is 24.0 Å². The summed E-state index contributed by atoms with van der Waals surface area (Å²) in [5.41, 5.74) is -0.0812. The van der Waals surface area contributed by atoms with Crippen molar-refractivity contribution in [2.24, 2.45) is 4.99 Å². The molecule has 1 unspecified atom stereocenters. The third-order valence-electron chi connectivity index (χ3n) is 4.59. The number of ether oxygens (including phenoxy) is 1. The summed E-state index contributed by atoms with van der Waals surface area (Å²) in [4.78, 5) is 11.1. The minimum atomic E-state index is -0.903. The number of aliphatic imine (C=N–C) groups is 1. The molecule has 0 bridgehead atoms. The van der Waals surface area contributed by atoms with Crippen molar-refractivity contribution in [2.75, 3.05) is 45.9 Å². The molecule has 2 aromatic rings. The van der Waals surface area contributed by atoms with Crippen molar-refractivity contribution in [2.45, 2.75) is 26.0 Å². The molecule has 1 aliphatic rings. The lowest BCUT2D eigenvalue weighted by Gasteiger charge is -2.34. The molecule has 9 nitrogen and oxygen atoms in total. The summed E-state index contributed by atoms with van der Waals surface area (Å²) in [5.74, 6) is 1.46. The highest BCUT2D eigenvalue weighted by Crippen LogP contribution is 2.18. The van der Waals surface area contributed by atoms with E-state index < -0.39 is 5.60 Å². The Morgan fingerprint density at radius 3 is 2.65 bits per heavy atom. The van der Waals surface area contributed by atoms with Gasteiger partial charge < -0.3 is 25.0 Å². The quantitative estimate of drug-likeness (QED) is 0.254. The number of aliphatic hydroxyl groups is 1. The summed E-state index contributed by atoms with van der Waals surface area (Å²) in [5, 5.41) is 21.7. The van der Waals surface area contributed by atoms with E-state index in [2.05, 4.69) is 30.7 Å². The maximum atomic E-state index is 10.7. The van der Waals surface area contributed by atoms with Crippen LogP contribution in [0.3, 0.4) is 0 Å². The van der Waals surface area contributed by atoms with Gasteiger partial charge >= 0.3 is 0 Å². The van der Waals surface area contributed by atoms with Crippen LogP contribution in [0.2, 0.25) is 5.02 Å². The monoisotopic (exact) mass is 564 g/mol. The van der Waals surface area contributed by atoms with Gasteiger partial charge in [0.15, 0.2) is 5.96 Å². The van der Waals surface area contributed by atoms with Crippen LogP contribution in [0.15, 0.2) is 33.8 Å². The van der Waals surface area contributed by atoms with E-state index in [1.165, 1.54) is 0 Å². The van der Waals surface area contributed by atoms with Crippen molar-refractivity contribution in [3.8, 4) is 11.4 Å². The minimum absolute atomic E-state index is 0. The van der Waals surface area contributed by atoms with Crippen molar-refractivity contribution in [1.29, 1.82) is 0 Å². The molecule has 3 N–H and O–H groups in total. The Hall–Kier alpha value is -1.47. The number of nitrogens with zero attached hydrogens (tertiary/aromatic N) is 4. The fraction of sp³-hybridized carbons (Fsp3) is 0.550. The molecule has 0 radical (unpaired) electrons. The molecule has 0 aliphatic carbocycles. The van der Waals surface area contributed by atoms with Crippen LogP contribution in [-0.4, -0.2) is 77.6 Å². The average Bonchev–Trinajstić information content (AvgIpc) is 3.20. The highest BCUT2D eigenvalue weighted by Gasteiger charge is 2.25. The van der Waals surface area contributed by atoms with E-state index in [-0.39, 0.29) is 30.5 Å². The summed E-state index contributed by atoms with van der Waals surface area (Å²) < 4.78 is 10.7. The molecule has 31 heavy (non-hydrogen) atoms. The van der Waals surface area contributed by atoms with Crippen LogP contribution in [0.1, 0.15) is 19.7 Å². The summed E-state index contributed by atoms with van der Waals surface area (Å²) in [6, 6.07) is 7.23. The SMILES string of the molecule is CCNC(=NCc1nc(-c2ccc(Cl)cc2)no1)NCC(C)(O)CN1CCOCC1.I. The van der Waals surface area contributed by atoms with Gasteiger partial charge in [0, 0.05) is 43.3 Å². The fourth-order valence-electron chi connectivity index (χ4n) is 3.09. The molecule has 1 aliphatic heterocycles. The van der Waals surface area contributed by atoms with Gasteiger partial charge in [0.05, 0.1) is 18.8 Å². The highest BCUT2D eigenvalue weighted by atomic mass is 127. The molecule has 0 spiro atoms. The van der Waals surface area contributed by atoms with Crippen LogP contribution in [0, 0.1) is 0 Å². The predicted molar refractivity (Wildman–Crippen MR) is 131 cm³/mol.